The van der Waals surface area contributed by atoms with Crippen molar-refractivity contribution in [3.63, 3.8) is 0 Å². The summed E-state index contributed by atoms with van der Waals surface area (Å²) in [5.41, 5.74) is -6.41. The topological polar surface area (TPSA) is 363 Å². The van der Waals surface area contributed by atoms with Crippen molar-refractivity contribution in [1.29, 1.82) is 0 Å². The van der Waals surface area contributed by atoms with Crippen LogP contribution in [0.3, 0.4) is 0 Å². The average molecular weight is 1220 g/mol. The lowest BCUT2D eigenvalue weighted by molar-refractivity contribution is -0.144. The molecular formula is C61H111N11O14. The van der Waals surface area contributed by atoms with Crippen molar-refractivity contribution in [2.45, 2.75) is 272 Å². The number of rotatable bonds is 39. The van der Waals surface area contributed by atoms with Crippen molar-refractivity contribution in [1.82, 2.24) is 57.7 Å². The molecule has 494 valence electrons. The Morgan fingerprint density at radius 3 is 1.60 bits per heavy atom. The van der Waals surface area contributed by atoms with Crippen LogP contribution in [-0.4, -0.2) is 194 Å². The van der Waals surface area contributed by atoms with E-state index in [-0.39, 0.29) is 56.6 Å². The second-order valence-electron chi connectivity index (χ2n) is 26.2. The fraction of sp³-hybridized carbons (Fsp3) is 0.820. The van der Waals surface area contributed by atoms with Gasteiger partial charge in [0, 0.05) is 38.5 Å². The summed E-state index contributed by atoms with van der Waals surface area (Å²) >= 11 is 0. The van der Waals surface area contributed by atoms with E-state index < -0.39 is 135 Å². The first kappa shape index (κ1) is 78.2. The van der Waals surface area contributed by atoms with Crippen LogP contribution in [0.25, 0.3) is 0 Å². The van der Waals surface area contributed by atoms with E-state index in [0.29, 0.717) is 38.8 Å². The number of aliphatic hydroxyl groups excluding tert-OH is 3. The van der Waals surface area contributed by atoms with E-state index in [9.17, 15) is 68.1 Å². The lowest BCUT2D eigenvalue weighted by Gasteiger charge is -2.34. The van der Waals surface area contributed by atoms with E-state index in [1.165, 1.54) is 74.1 Å². The highest BCUT2D eigenvalue weighted by Crippen LogP contribution is 2.25. The molecule has 0 spiro atoms. The Morgan fingerprint density at radius 1 is 0.605 bits per heavy atom. The van der Waals surface area contributed by atoms with Gasteiger partial charge in [0.15, 0.2) is 0 Å². The van der Waals surface area contributed by atoms with Crippen LogP contribution >= 0.6 is 0 Å². The van der Waals surface area contributed by atoms with Crippen molar-refractivity contribution < 1.29 is 68.1 Å². The maximum absolute atomic E-state index is 14.2. The van der Waals surface area contributed by atoms with E-state index in [4.69, 9.17) is 0 Å². The zero-order chi connectivity index (χ0) is 66.2. The molecule has 1 heterocycles. The second kappa shape index (κ2) is 35.9. The molecule has 1 aliphatic rings. The Bertz CT molecular complexity index is 2300. The molecule has 0 aromatic carbocycles. The third-order valence-corrected chi connectivity index (χ3v) is 15.9. The van der Waals surface area contributed by atoms with Crippen molar-refractivity contribution in [2.24, 2.45) is 17.8 Å². The first-order valence-electron chi connectivity index (χ1n) is 31.0. The molecule has 86 heavy (non-hydrogen) atoms. The Labute approximate surface area is 511 Å². The zero-order valence-electron chi connectivity index (χ0n) is 55.1. The van der Waals surface area contributed by atoms with Crippen molar-refractivity contribution in [2.75, 3.05) is 33.3 Å². The Hall–Kier alpha value is -5.79. The molecule has 0 unspecified atom stereocenters. The van der Waals surface area contributed by atoms with Crippen LogP contribution in [0.4, 0.5) is 0 Å². The van der Waals surface area contributed by atoms with Crippen LogP contribution in [0.5, 0.6) is 0 Å². The van der Waals surface area contributed by atoms with Crippen LogP contribution in [0.15, 0.2) is 0 Å². The molecular weight excluding hydrogens is 1110 g/mol. The van der Waals surface area contributed by atoms with Crippen LogP contribution in [0.1, 0.15) is 201 Å². The highest BCUT2D eigenvalue weighted by Gasteiger charge is 2.43. The molecule has 0 radical (unpaired) electrons. The van der Waals surface area contributed by atoms with Crippen LogP contribution < -0.4 is 47.9 Å². The lowest BCUT2D eigenvalue weighted by atomic mass is 9.92. The Kier molecular flexibility index (Phi) is 32.6. The number of carbonyl (C=O) groups is 11. The monoisotopic (exact) mass is 1220 g/mol. The van der Waals surface area contributed by atoms with Gasteiger partial charge in [0.2, 0.25) is 59.1 Å². The lowest BCUT2D eigenvalue weighted by Crippen LogP contribution is -2.66. The number of ketones is 1. The maximum Gasteiger partial charge on any atom is 0.246 e. The minimum Gasteiger partial charge on any atom is -0.395 e. The summed E-state index contributed by atoms with van der Waals surface area (Å²) < 4.78 is 0. The number of Topliss-reactive ketones (excluding diaryl/α,β-unsaturated/α-hetero) is 1. The van der Waals surface area contributed by atoms with E-state index in [1.807, 2.05) is 4.90 Å². The third kappa shape index (κ3) is 25.9. The fourth-order valence-corrected chi connectivity index (χ4v) is 9.78. The molecule has 1 rings (SSSR count). The molecule has 0 aromatic rings. The highest BCUT2D eigenvalue weighted by atomic mass is 16.3. The largest absolute Gasteiger partial charge is 0.395 e. The normalized spacial score (nSPS) is 17.4. The van der Waals surface area contributed by atoms with E-state index in [0.717, 1.165) is 32.1 Å². The van der Waals surface area contributed by atoms with E-state index in [1.54, 1.807) is 48.6 Å². The number of unbranched alkanes of at least 4 members (excludes halogenated alkanes) is 4. The molecule has 25 nitrogen and oxygen atoms in total. The number of amides is 10. The van der Waals surface area contributed by atoms with Gasteiger partial charge < -0.3 is 73.0 Å². The molecule has 1 saturated heterocycles. The molecule has 0 saturated carbocycles. The van der Waals surface area contributed by atoms with Gasteiger partial charge in [-0.2, -0.15) is 0 Å². The number of carbonyl (C=O) groups excluding carboxylic acids is 11. The minimum absolute atomic E-state index is 0.0238. The van der Waals surface area contributed by atoms with Crippen molar-refractivity contribution >= 4 is 64.9 Å². The predicted molar refractivity (Wildman–Crippen MR) is 327 cm³/mol. The first-order chi connectivity index (χ1) is 39.7. The van der Waals surface area contributed by atoms with Gasteiger partial charge in [0.25, 0.3) is 0 Å². The summed E-state index contributed by atoms with van der Waals surface area (Å²) in [6.07, 6.45) is 4.87. The second-order valence-corrected chi connectivity index (χ2v) is 26.2. The first-order valence-corrected chi connectivity index (χ1v) is 31.0. The maximum atomic E-state index is 14.2. The summed E-state index contributed by atoms with van der Waals surface area (Å²) in [6.45, 7) is 27.7. The van der Waals surface area contributed by atoms with Gasteiger partial charge >= 0.3 is 0 Å². The van der Waals surface area contributed by atoms with E-state index in [2.05, 4.69) is 54.8 Å². The van der Waals surface area contributed by atoms with Gasteiger partial charge in [-0.3, -0.25) is 52.7 Å². The average Bonchev–Trinajstić information content (AvgIpc) is 2.93. The summed E-state index contributed by atoms with van der Waals surface area (Å²) in [5, 5.41) is 54.9. The number of likely N-dealkylation sites (tertiary alicyclic amines) is 1. The highest BCUT2D eigenvalue weighted by molar-refractivity contribution is 6.01. The number of nitrogens with one attached hydrogen (secondary N) is 9. The van der Waals surface area contributed by atoms with Crippen LogP contribution in [0, 0.1) is 17.8 Å². The fourth-order valence-electron chi connectivity index (χ4n) is 9.78. The molecule has 25 heteroatoms. The quantitative estimate of drug-likeness (QED) is 0.0388. The van der Waals surface area contributed by atoms with Crippen molar-refractivity contribution in [3.8, 4) is 0 Å². The predicted octanol–water partition coefficient (Wildman–Crippen LogP) is 1.51. The van der Waals surface area contributed by atoms with Gasteiger partial charge in [-0.15, -0.1) is 0 Å². The van der Waals surface area contributed by atoms with Crippen molar-refractivity contribution in [3.05, 3.63) is 0 Å². The summed E-state index contributed by atoms with van der Waals surface area (Å²) in [6, 6.07) is -6.29. The van der Waals surface area contributed by atoms with Crippen LogP contribution in [0.2, 0.25) is 0 Å². The molecule has 0 bridgehead atoms. The minimum atomic E-state index is -1.72. The van der Waals surface area contributed by atoms with Crippen LogP contribution in [-0.2, 0) is 52.7 Å². The molecule has 0 aliphatic carbocycles. The molecule has 1 fully saturated rings. The standard InChI is InChI=1S/C61H111N11O14/c1-19-22-23-24-25-28-46(76)39(7)53(82)72-29-26-27-45(72)51(80)65-44(33-36(4)32-43(75)34-42(74)21-3)50(79)63-40(8)48(77)67-61(16,17)57(86)70-59(12,13)55(84)66-47(37(5)20-2)52(81)64-41(9)49(78)68-60(14,15)56(85)69-58(10,11)54(83)62-38(6)35-71(18)30-31-73/h36-41,43-47,73,75-76H,19-35H2,1-18H3,(H,62,83)(H,63,79)(H,64,81)(H,65,80)(H,66,84)(H,67,77)(H,68,78)(H,69,85)(H,70,86)/t36-,37+,38+,39+,40+,41+,43+,44+,45+,46+,47+/m1/s1. The molecule has 0 aromatic heterocycles. The Balaban J connectivity index is 3.16. The van der Waals surface area contributed by atoms with Gasteiger partial charge in [-0.25, -0.2) is 0 Å². The molecule has 10 amide bonds. The summed E-state index contributed by atoms with van der Waals surface area (Å²) in [5.74, 6) is -8.68. The molecule has 11 atom stereocenters. The molecule has 12 N–H and O–H groups in total. The van der Waals surface area contributed by atoms with Gasteiger partial charge in [-0.05, 0) is 127 Å². The number of hydrogen-bond donors (Lipinski definition) is 12. The van der Waals surface area contributed by atoms with Gasteiger partial charge in [-0.1, -0.05) is 80.1 Å². The SMILES string of the molecule is CCCCCCC[C@H](O)[C@H](C)C(=O)N1CCC[C@H]1C(=O)N[C@@H](C[C@H](C)C[C@H](O)CC(=O)CC)C(=O)N[C@@H](C)C(=O)NC(C)(C)C(=O)NC(C)(C)C(=O)N[C@H](C(=O)N[C@@H](C)C(=O)NC(C)(C)C(=O)NC(C)(C)C(=O)N[C@@H](C)CN(C)CCO)[C@@H](C)CC. The van der Waals surface area contributed by atoms with Gasteiger partial charge in [0.05, 0.1) is 24.7 Å². The molecule has 1 aliphatic heterocycles. The summed E-state index contributed by atoms with van der Waals surface area (Å²) in [7, 11) is 1.79. The van der Waals surface area contributed by atoms with E-state index >= 15 is 0 Å². The zero-order valence-corrected chi connectivity index (χ0v) is 55.1. The number of nitrogens with zero attached hydrogens (tertiary/aromatic N) is 2. The Morgan fingerprint density at radius 2 is 1.10 bits per heavy atom. The third-order valence-electron chi connectivity index (χ3n) is 15.9. The smallest absolute Gasteiger partial charge is 0.246 e. The number of hydrogen-bond acceptors (Lipinski definition) is 15. The van der Waals surface area contributed by atoms with Gasteiger partial charge in [0.1, 0.15) is 58.1 Å². The number of likely N-dealkylation sites (N-methyl/N-ethyl adjacent to an activating group) is 1. The summed E-state index contributed by atoms with van der Waals surface area (Å²) in [4.78, 5) is 153. The number of aliphatic hydroxyl groups is 3.